The van der Waals surface area contributed by atoms with Gasteiger partial charge in [-0.3, -0.25) is 10.2 Å². The lowest BCUT2D eigenvalue weighted by Crippen LogP contribution is -2.30. The molecular formula is C13H22N2O3. The molecule has 0 aromatic heterocycles. The van der Waals surface area contributed by atoms with Gasteiger partial charge in [-0.15, -0.1) is 0 Å². The van der Waals surface area contributed by atoms with Gasteiger partial charge in [0.1, 0.15) is 5.71 Å². The number of carboxylic acids is 1. The quantitative estimate of drug-likeness (QED) is 0.548. The van der Waals surface area contributed by atoms with Crippen LogP contribution < -0.4 is 5.32 Å². The Kier molecular flexibility index (Phi) is 5.82. The summed E-state index contributed by atoms with van der Waals surface area (Å²) in [5.41, 5.74) is -0.230. The molecule has 1 amide bonds. The molecule has 0 bridgehead atoms. The average molecular weight is 254 g/mol. The molecule has 0 aromatic carbocycles. The molecule has 1 fully saturated rings. The predicted octanol–water partition coefficient (Wildman–Crippen LogP) is 1.81. The minimum absolute atomic E-state index is 0.159. The minimum atomic E-state index is -1.13. The Morgan fingerprint density at radius 3 is 2.61 bits per heavy atom. The van der Waals surface area contributed by atoms with Gasteiger partial charge in [0.25, 0.3) is 0 Å². The number of hydrogen-bond acceptors (Lipinski definition) is 3. The van der Waals surface area contributed by atoms with Crippen LogP contribution in [0.2, 0.25) is 0 Å². The highest BCUT2D eigenvalue weighted by atomic mass is 16.4. The van der Waals surface area contributed by atoms with E-state index >= 15 is 0 Å². The van der Waals surface area contributed by atoms with E-state index in [1.54, 1.807) is 0 Å². The molecule has 1 unspecified atom stereocenters. The molecule has 1 saturated carbocycles. The number of amides is 1. The van der Waals surface area contributed by atoms with Crippen LogP contribution in [-0.4, -0.2) is 29.2 Å². The second-order valence-corrected chi connectivity index (χ2v) is 4.97. The van der Waals surface area contributed by atoms with Crippen molar-refractivity contribution in [1.82, 2.24) is 5.32 Å². The van der Waals surface area contributed by atoms with Gasteiger partial charge >= 0.3 is 5.97 Å². The number of carbonyl (C=O) groups excluding carboxylic acids is 1. The predicted molar refractivity (Wildman–Crippen MR) is 68.7 cm³/mol. The molecule has 1 rings (SSSR count). The number of aliphatic carboxylic acids is 1. The Hall–Kier alpha value is -1.39. The number of carboxylic acid groups (broad SMARTS) is 1. The zero-order chi connectivity index (χ0) is 13.5. The van der Waals surface area contributed by atoms with Crippen molar-refractivity contribution in [2.45, 2.75) is 45.4 Å². The molecule has 18 heavy (non-hydrogen) atoms. The second kappa shape index (κ2) is 7.13. The SMILES string of the molecule is CCC(CCCC(=N)C(=O)O)CNC(=O)C1CC1. The molecule has 0 aromatic rings. The van der Waals surface area contributed by atoms with Crippen LogP contribution >= 0.6 is 0 Å². The van der Waals surface area contributed by atoms with Gasteiger partial charge < -0.3 is 10.4 Å². The third-order valence-corrected chi connectivity index (χ3v) is 3.39. The summed E-state index contributed by atoms with van der Waals surface area (Å²) >= 11 is 0. The van der Waals surface area contributed by atoms with Crippen molar-refractivity contribution in [2.75, 3.05) is 6.54 Å². The van der Waals surface area contributed by atoms with Crippen molar-refractivity contribution in [1.29, 1.82) is 5.41 Å². The van der Waals surface area contributed by atoms with Gasteiger partial charge in [-0.05, 0) is 38.0 Å². The summed E-state index contributed by atoms with van der Waals surface area (Å²) in [6, 6.07) is 0. The molecule has 0 saturated heterocycles. The van der Waals surface area contributed by atoms with Crippen LogP contribution in [0.4, 0.5) is 0 Å². The number of nitrogens with one attached hydrogen (secondary N) is 2. The van der Waals surface area contributed by atoms with E-state index in [1.165, 1.54) is 0 Å². The lowest BCUT2D eigenvalue weighted by atomic mass is 9.98. The number of carbonyl (C=O) groups is 2. The molecule has 1 atom stereocenters. The maximum absolute atomic E-state index is 11.5. The Morgan fingerprint density at radius 2 is 2.11 bits per heavy atom. The summed E-state index contributed by atoms with van der Waals surface area (Å²) in [6.07, 6.45) is 4.85. The van der Waals surface area contributed by atoms with E-state index in [9.17, 15) is 9.59 Å². The Bertz CT molecular complexity index is 324. The van der Waals surface area contributed by atoms with Gasteiger partial charge in [-0.25, -0.2) is 4.79 Å². The fraction of sp³-hybridized carbons (Fsp3) is 0.769. The van der Waals surface area contributed by atoms with Gasteiger partial charge in [0.15, 0.2) is 0 Å². The summed E-state index contributed by atoms with van der Waals surface area (Å²) in [6.45, 7) is 2.74. The summed E-state index contributed by atoms with van der Waals surface area (Å²) in [5, 5.41) is 18.7. The molecule has 1 aliphatic carbocycles. The Labute approximate surface area is 107 Å². The largest absolute Gasteiger partial charge is 0.477 e. The van der Waals surface area contributed by atoms with Crippen molar-refractivity contribution in [3.63, 3.8) is 0 Å². The van der Waals surface area contributed by atoms with Crippen LogP contribution in [0, 0.1) is 17.2 Å². The summed E-state index contributed by atoms with van der Waals surface area (Å²) in [4.78, 5) is 21.9. The van der Waals surface area contributed by atoms with E-state index < -0.39 is 5.97 Å². The van der Waals surface area contributed by atoms with E-state index in [1.807, 2.05) is 0 Å². The fourth-order valence-electron chi connectivity index (χ4n) is 1.86. The van der Waals surface area contributed by atoms with Crippen LogP contribution in [-0.2, 0) is 9.59 Å². The summed E-state index contributed by atoms with van der Waals surface area (Å²) in [7, 11) is 0. The number of hydrogen-bond donors (Lipinski definition) is 3. The molecule has 0 heterocycles. The van der Waals surface area contributed by atoms with Crippen molar-refractivity contribution in [2.24, 2.45) is 11.8 Å². The molecule has 5 heteroatoms. The first-order valence-electron chi connectivity index (χ1n) is 6.63. The lowest BCUT2D eigenvalue weighted by molar-refractivity contribution is -0.129. The highest BCUT2D eigenvalue weighted by molar-refractivity contribution is 6.34. The third-order valence-electron chi connectivity index (χ3n) is 3.39. The van der Waals surface area contributed by atoms with Crippen LogP contribution in [0.5, 0.6) is 0 Å². The molecule has 3 N–H and O–H groups in total. The zero-order valence-corrected chi connectivity index (χ0v) is 10.9. The first-order chi connectivity index (χ1) is 8.54. The van der Waals surface area contributed by atoms with Gasteiger partial charge in [-0.1, -0.05) is 13.3 Å². The van der Waals surface area contributed by atoms with E-state index in [0.717, 1.165) is 25.7 Å². The van der Waals surface area contributed by atoms with Crippen molar-refractivity contribution >= 4 is 17.6 Å². The molecule has 0 aliphatic heterocycles. The molecule has 0 spiro atoms. The van der Waals surface area contributed by atoms with Crippen LogP contribution in [0.3, 0.4) is 0 Å². The van der Waals surface area contributed by atoms with E-state index in [-0.39, 0.29) is 17.5 Å². The molecule has 5 nitrogen and oxygen atoms in total. The minimum Gasteiger partial charge on any atom is -0.477 e. The molecule has 1 aliphatic rings. The second-order valence-electron chi connectivity index (χ2n) is 4.97. The first kappa shape index (κ1) is 14.7. The molecular weight excluding hydrogens is 232 g/mol. The average Bonchev–Trinajstić information content (AvgIpc) is 3.16. The summed E-state index contributed by atoms with van der Waals surface area (Å²) < 4.78 is 0. The smallest absolute Gasteiger partial charge is 0.349 e. The third kappa shape index (κ3) is 5.29. The van der Waals surface area contributed by atoms with Crippen molar-refractivity contribution in [3.05, 3.63) is 0 Å². The van der Waals surface area contributed by atoms with Crippen molar-refractivity contribution in [3.8, 4) is 0 Å². The lowest BCUT2D eigenvalue weighted by Gasteiger charge is -2.15. The fourth-order valence-corrected chi connectivity index (χ4v) is 1.86. The van der Waals surface area contributed by atoms with Gasteiger partial charge in [0.2, 0.25) is 5.91 Å². The van der Waals surface area contributed by atoms with Gasteiger partial charge in [0.05, 0.1) is 0 Å². The van der Waals surface area contributed by atoms with Gasteiger partial charge in [-0.2, -0.15) is 0 Å². The molecule has 102 valence electrons. The monoisotopic (exact) mass is 254 g/mol. The summed E-state index contributed by atoms with van der Waals surface area (Å²) in [5.74, 6) is -0.353. The van der Waals surface area contributed by atoms with Crippen LogP contribution in [0.25, 0.3) is 0 Å². The number of rotatable bonds is 9. The van der Waals surface area contributed by atoms with E-state index in [2.05, 4.69) is 12.2 Å². The zero-order valence-electron chi connectivity index (χ0n) is 10.9. The van der Waals surface area contributed by atoms with Crippen LogP contribution in [0.15, 0.2) is 0 Å². The highest BCUT2D eigenvalue weighted by Crippen LogP contribution is 2.28. The highest BCUT2D eigenvalue weighted by Gasteiger charge is 2.29. The Balaban J connectivity index is 2.14. The topological polar surface area (TPSA) is 90.2 Å². The van der Waals surface area contributed by atoms with Crippen LogP contribution in [0.1, 0.15) is 45.4 Å². The maximum Gasteiger partial charge on any atom is 0.349 e. The van der Waals surface area contributed by atoms with Gasteiger partial charge in [0, 0.05) is 12.5 Å². The normalized spacial score (nSPS) is 16.1. The standard InChI is InChI=1S/C13H22N2O3/c1-2-9(4-3-5-11(14)13(17)18)8-15-12(16)10-6-7-10/h9-10,14H,2-8H2,1H3,(H,15,16)(H,17,18). The van der Waals surface area contributed by atoms with Crippen molar-refractivity contribution < 1.29 is 14.7 Å². The van der Waals surface area contributed by atoms with E-state index in [4.69, 9.17) is 10.5 Å². The molecule has 0 radical (unpaired) electrons. The van der Waals surface area contributed by atoms with E-state index in [0.29, 0.717) is 25.3 Å². The first-order valence-corrected chi connectivity index (χ1v) is 6.63. The maximum atomic E-state index is 11.5. The Morgan fingerprint density at radius 1 is 1.44 bits per heavy atom.